The first-order chi connectivity index (χ1) is 9.54. The molecule has 1 aromatic heterocycles. The minimum absolute atomic E-state index is 0.140. The van der Waals surface area contributed by atoms with Gasteiger partial charge in [0.05, 0.1) is 9.89 Å². The first kappa shape index (κ1) is 15.7. The molecule has 108 valence electrons. The summed E-state index contributed by atoms with van der Waals surface area (Å²) in [5.74, 6) is 0.576. The molecule has 3 heteroatoms. The van der Waals surface area contributed by atoms with Crippen molar-refractivity contribution in [3.05, 3.63) is 56.2 Å². The lowest BCUT2D eigenvalue weighted by Crippen LogP contribution is -2.18. The largest absolute Gasteiger partial charge is 0.388 e. The topological polar surface area (TPSA) is 20.2 Å². The van der Waals surface area contributed by atoms with Crippen LogP contribution >= 0.6 is 27.3 Å². The highest BCUT2D eigenvalue weighted by atomic mass is 79.9. The monoisotopic (exact) mass is 352 g/mol. The summed E-state index contributed by atoms with van der Waals surface area (Å²) in [4.78, 5) is 1.19. The Hall–Kier alpha value is -0.640. The Balaban J connectivity index is 2.39. The van der Waals surface area contributed by atoms with Crippen LogP contribution in [0.3, 0.4) is 0 Å². The molecule has 0 spiro atoms. The third kappa shape index (κ3) is 3.33. The van der Waals surface area contributed by atoms with E-state index in [9.17, 15) is 5.11 Å². The number of aliphatic hydroxyl groups is 1. The summed E-state index contributed by atoms with van der Waals surface area (Å²) in [5, 5.41) is 10.9. The zero-order valence-electron chi connectivity index (χ0n) is 12.1. The maximum absolute atomic E-state index is 10.9. The van der Waals surface area contributed by atoms with E-state index in [1.165, 1.54) is 10.4 Å². The Bertz CT molecular complexity index is 549. The second-order valence-corrected chi connectivity index (χ2v) is 7.96. The van der Waals surface area contributed by atoms with Gasteiger partial charge in [-0.3, -0.25) is 0 Å². The average molecular weight is 353 g/mol. The fraction of sp³-hybridized carbons (Fsp3) is 0.412. The number of aliphatic hydroxyl groups excluding tert-OH is 1. The smallest absolute Gasteiger partial charge is 0.0872 e. The summed E-state index contributed by atoms with van der Waals surface area (Å²) in [6.07, 6.45) is 0.607. The second-order valence-electron chi connectivity index (χ2n) is 5.33. The predicted octanol–water partition coefficient (Wildman–Crippen LogP) is 5.68. The van der Waals surface area contributed by atoms with Gasteiger partial charge in [-0.1, -0.05) is 50.6 Å². The Morgan fingerprint density at radius 2 is 1.90 bits per heavy atom. The summed E-state index contributed by atoms with van der Waals surface area (Å²) in [6, 6.07) is 12.4. The average Bonchev–Trinajstić information content (AvgIpc) is 2.79. The Morgan fingerprint density at radius 1 is 1.25 bits per heavy atom. The second kappa shape index (κ2) is 6.88. The molecule has 0 aliphatic rings. The van der Waals surface area contributed by atoms with Crippen molar-refractivity contribution in [3.8, 4) is 0 Å². The zero-order valence-corrected chi connectivity index (χ0v) is 14.5. The van der Waals surface area contributed by atoms with Crippen LogP contribution in [0, 0.1) is 12.8 Å². The molecule has 0 bridgehead atoms. The van der Waals surface area contributed by atoms with Gasteiger partial charge in [0.15, 0.2) is 0 Å². The molecule has 1 N–H and O–H groups in total. The van der Waals surface area contributed by atoms with Crippen molar-refractivity contribution in [2.45, 2.75) is 39.2 Å². The highest BCUT2D eigenvalue weighted by molar-refractivity contribution is 9.11. The molecule has 1 aromatic carbocycles. The first-order valence-corrected chi connectivity index (χ1v) is 8.64. The van der Waals surface area contributed by atoms with Gasteiger partial charge in [-0.05, 0) is 46.0 Å². The van der Waals surface area contributed by atoms with E-state index in [1.54, 1.807) is 11.3 Å². The molecule has 3 atom stereocenters. The van der Waals surface area contributed by atoms with Crippen molar-refractivity contribution < 1.29 is 5.11 Å². The van der Waals surface area contributed by atoms with Gasteiger partial charge >= 0.3 is 0 Å². The van der Waals surface area contributed by atoms with E-state index >= 15 is 0 Å². The summed E-state index contributed by atoms with van der Waals surface area (Å²) in [6.45, 7) is 6.48. The van der Waals surface area contributed by atoms with E-state index in [-0.39, 0.29) is 5.92 Å². The Labute approximate surface area is 133 Å². The number of rotatable bonds is 5. The van der Waals surface area contributed by atoms with E-state index in [1.807, 2.05) is 18.2 Å². The lowest BCUT2D eigenvalue weighted by atomic mass is 9.79. The summed E-state index contributed by atoms with van der Waals surface area (Å²) < 4.78 is 1.08. The highest BCUT2D eigenvalue weighted by Gasteiger charge is 2.29. The van der Waals surface area contributed by atoms with Crippen LogP contribution in [0.4, 0.5) is 0 Å². The van der Waals surface area contributed by atoms with Gasteiger partial charge in [-0.15, -0.1) is 11.3 Å². The van der Waals surface area contributed by atoms with Gasteiger partial charge in [-0.25, -0.2) is 0 Å². The number of benzene rings is 1. The van der Waals surface area contributed by atoms with Gasteiger partial charge < -0.3 is 5.11 Å². The maximum atomic E-state index is 10.9. The fourth-order valence-electron chi connectivity index (χ4n) is 2.70. The molecule has 0 saturated heterocycles. The van der Waals surface area contributed by atoms with Crippen LogP contribution in [0.1, 0.15) is 48.3 Å². The van der Waals surface area contributed by atoms with E-state index < -0.39 is 6.10 Å². The van der Waals surface area contributed by atoms with Crippen molar-refractivity contribution in [1.29, 1.82) is 0 Å². The Morgan fingerprint density at radius 3 is 2.40 bits per heavy atom. The lowest BCUT2D eigenvalue weighted by Gasteiger charge is -2.28. The van der Waals surface area contributed by atoms with E-state index in [0.717, 1.165) is 15.8 Å². The van der Waals surface area contributed by atoms with Crippen molar-refractivity contribution in [1.82, 2.24) is 0 Å². The number of thiophene rings is 1. The zero-order chi connectivity index (χ0) is 14.7. The molecule has 20 heavy (non-hydrogen) atoms. The number of hydrogen-bond acceptors (Lipinski definition) is 2. The first-order valence-electron chi connectivity index (χ1n) is 7.03. The number of halogens is 1. The summed E-state index contributed by atoms with van der Waals surface area (Å²) in [5.41, 5.74) is 2.27. The maximum Gasteiger partial charge on any atom is 0.0872 e. The van der Waals surface area contributed by atoms with Gasteiger partial charge in [0.25, 0.3) is 0 Å². The molecule has 2 rings (SSSR count). The van der Waals surface area contributed by atoms with Crippen LogP contribution in [-0.4, -0.2) is 5.11 Å². The molecule has 1 heterocycles. The molecule has 0 radical (unpaired) electrons. The molecular formula is C17H21BrOS. The number of aryl methyl sites for hydroxylation is 1. The molecule has 2 aromatic rings. The molecule has 0 aliphatic heterocycles. The third-order valence-electron chi connectivity index (χ3n) is 4.03. The predicted molar refractivity (Wildman–Crippen MR) is 90.4 cm³/mol. The van der Waals surface area contributed by atoms with Crippen LogP contribution in [0.15, 0.2) is 40.2 Å². The molecule has 0 aliphatic carbocycles. The molecule has 3 unspecified atom stereocenters. The van der Waals surface area contributed by atoms with Crippen LogP contribution in [0.2, 0.25) is 0 Å². The normalized spacial score (nSPS) is 15.8. The van der Waals surface area contributed by atoms with Crippen LogP contribution in [0.5, 0.6) is 0 Å². The van der Waals surface area contributed by atoms with Crippen molar-refractivity contribution in [2.75, 3.05) is 0 Å². The van der Waals surface area contributed by atoms with Gasteiger partial charge in [0, 0.05) is 10.8 Å². The molecule has 0 saturated carbocycles. The Kier molecular flexibility index (Phi) is 5.42. The van der Waals surface area contributed by atoms with E-state index in [4.69, 9.17) is 0 Å². The highest BCUT2D eigenvalue weighted by Crippen LogP contribution is 2.42. The van der Waals surface area contributed by atoms with Crippen LogP contribution < -0.4 is 0 Å². The van der Waals surface area contributed by atoms with E-state index in [0.29, 0.717) is 5.92 Å². The van der Waals surface area contributed by atoms with Crippen molar-refractivity contribution in [2.24, 2.45) is 5.92 Å². The van der Waals surface area contributed by atoms with Crippen LogP contribution in [-0.2, 0) is 0 Å². The van der Waals surface area contributed by atoms with Gasteiger partial charge in [0.2, 0.25) is 0 Å². The summed E-state index contributed by atoms with van der Waals surface area (Å²) >= 11 is 5.20. The molecule has 0 fully saturated rings. The molecule has 1 nitrogen and oxygen atoms in total. The van der Waals surface area contributed by atoms with Crippen LogP contribution in [0.25, 0.3) is 0 Å². The standard InChI is InChI=1S/C17H21BrOS/c1-4-11(2)16(13-8-6-5-7-9-13)17(19)14-10-15(18)20-12(14)3/h5-11,16-17,19H,4H2,1-3H3. The number of hydrogen-bond donors (Lipinski definition) is 1. The minimum atomic E-state index is -0.449. The molecular weight excluding hydrogens is 332 g/mol. The third-order valence-corrected chi connectivity index (χ3v) is 5.60. The lowest BCUT2D eigenvalue weighted by molar-refractivity contribution is 0.118. The fourth-order valence-corrected chi connectivity index (χ4v) is 4.45. The van der Waals surface area contributed by atoms with Crippen molar-refractivity contribution in [3.63, 3.8) is 0 Å². The quantitative estimate of drug-likeness (QED) is 0.733. The van der Waals surface area contributed by atoms with Gasteiger partial charge in [0.1, 0.15) is 0 Å². The molecule has 0 amide bonds. The van der Waals surface area contributed by atoms with Gasteiger partial charge in [-0.2, -0.15) is 0 Å². The van der Waals surface area contributed by atoms with E-state index in [2.05, 4.69) is 54.9 Å². The SMILES string of the molecule is CCC(C)C(c1ccccc1)C(O)c1cc(Br)sc1C. The van der Waals surface area contributed by atoms with Crippen molar-refractivity contribution >= 4 is 27.3 Å². The minimum Gasteiger partial charge on any atom is -0.388 e. The summed E-state index contributed by atoms with van der Waals surface area (Å²) in [7, 11) is 0.